The van der Waals surface area contributed by atoms with Crippen LogP contribution in [0.5, 0.6) is 0 Å². The van der Waals surface area contributed by atoms with Crippen LogP contribution in [0.25, 0.3) is 0 Å². The van der Waals surface area contributed by atoms with Crippen molar-refractivity contribution in [3.05, 3.63) is 60.8 Å². The first-order valence-corrected chi connectivity index (χ1v) is 8.19. The second-order valence-electron chi connectivity index (χ2n) is 5.04. The molecule has 0 amide bonds. The van der Waals surface area contributed by atoms with Gasteiger partial charge < -0.3 is 5.11 Å². The molecule has 1 N–H and O–H groups in total. The maximum absolute atomic E-state index is 11.4. The van der Waals surface area contributed by atoms with Gasteiger partial charge in [-0.1, -0.05) is 61.6 Å². The van der Waals surface area contributed by atoms with Gasteiger partial charge in [-0.2, -0.15) is 0 Å². The molecule has 0 heterocycles. The average molecular weight is 316 g/mol. The molecule has 0 atom stereocenters. The molecule has 0 fully saturated rings. The van der Waals surface area contributed by atoms with Crippen LogP contribution >= 0.6 is 0 Å². The smallest absolute Gasteiger partial charge is 0.303 e. The van der Waals surface area contributed by atoms with Crippen molar-refractivity contribution >= 4 is 11.8 Å². The molecule has 23 heavy (non-hydrogen) atoms. The van der Waals surface area contributed by atoms with Crippen molar-refractivity contribution in [1.29, 1.82) is 0 Å². The van der Waals surface area contributed by atoms with Crippen LogP contribution in [0.3, 0.4) is 0 Å². The fraction of sp³-hybridized carbons (Fsp3) is 0.400. The lowest BCUT2D eigenvalue weighted by atomic mass is 10.2. The standard InChI is InChI=1S/C20H28O3/c1-2-3-13-16-19(21)17-14-11-9-7-5-4-6-8-10-12-15-18-20(22)23/h3-5,8-11,13-14,17H,2,6-7,12,15-16,18H2,1H3,(H,22,23)/b5-4?,10-8-,11-9?,13-3?,17-14?. The maximum Gasteiger partial charge on any atom is 0.303 e. The van der Waals surface area contributed by atoms with Gasteiger partial charge in [-0.05, 0) is 38.2 Å². The fourth-order valence-corrected chi connectivity index (χ4v) is 1.69. The van der Waals surface area contributed by atoms with Crippen molar-refractivity contribution in [1.82, 2.24) is 0 Å². The van der Waals surface area contributed by atoms with E-state index in [9.17, 15) is 9.59 Å². The van der Waals surface area contributed by atoms with Crippen molar-refractivity contribution in [2.45, 2.75) is 51.9 Å². The van der Waals surface area contributed by atoms with Crippen molar-refractivity contribution in [2.75, 3.05) is 0 Å². The van der Waals surface area contributed by atoms with Gasteiger partial charge in [-0.25, -0.2) is 0 Å². The van der Waals surface area contributed by atoms with Gasteiger partial charge in [0.2, 0.25) is 0 Å². The predicted octanol–water partition coefficient (Wildman–Crippen LogP) is 5.17. The molecule has 0 aromatic heterocycles. The van der Waals surface area contributed by atoms with Gasteiger partial charge in [-0.3, -0.25) is 9.59 Å². The number of hydrogen-bond acceptors (Lipinski definition) is 2. The van der Waals surface area contributed by atoms with Gasteiger partial charge in [0.1, 0.15) is 0 Å². The molecule has 0 radical (unpaired) electrons. The van der Waals surface area contributed by atoms with E-state index in [-0.39, 0.29) is 12.2 Å². The van der Waals surface area contributed by atoms with E-state index in [1.807, 2.05) is 43.4 Å². The van der Waals surface area contributed by atoms with Crippen LogP contribution in [0.4, 0.5) is 0 Å². The van der Waals surface area contributed by atoms with Crippen molar-refractivity contribution in [3.8, 4) is 0 Å². The van der Waals surface area contributed by atoms with Crippen LogP contribution in [0.15, 0.2) is 60.8 Å². The molecule has 3 heteroatoms. The maximum atomic E-state index is 11.4. The Bertz CT molecular complexity index is 465. The number of allylic oxidation sites excluding steroid dienone is 10. The van der Waals surface area contributed by atoms with Crippen molar-refractivity contribution in [2.24, 2.45) is 0 Å². The highest BCUT2D eigenvalue weighted by molar-refractivity contribution is 5.90. The number of carbonyl (C=O) groups is 2. The third-order valence-electron chi connectivity index (χ3n) is 2.89. The highest BCUT2D eigenvalue weighted by atomic mass is 16.4. The zero-order valence-corrected chi connectivity index (χ0v) is 14.0. The molecule has 126 valence electrons. The Balaban J connectivity index is 3.65. The third kappa shape index (κ3) is 17.8. The topological polar surface area (TPSA) is 54.4 Å². The average Bonchev–Trinajstić information content (AvgIpc) is 2.51. The zero-order valence-electron chi connectivity index (χ0n) is 14.0. The molecule has 0 spiro atoms. The summed E-state index contributed by atoms with van der Waals surface area (Å²) in [4.78, 5) is 21.7. The molecule has 0 aliphatic rings. The normalized spacial score (nSPS) is 12.6. The van der Waals surface area contributed by atoms with E-state index < -0.39 is 5.97 Å². The minimum Gasteiger partial charge on any atom is -0.481 e. The summed E-state index contributed by atoms with van der Waals surface area (Å²) >= 11 is 0. The Labute approximate surface area is 139 Å². The second-order valence-corrected chi connectivity index (χ2v) is 5.04. The Morgan fingerprint density at radius 1 is 0.870 bits per heavy atom. The summed E-state index contributed by atoms with van der Waals surface area (Å²) in [5.74, 6) is -0.624. The molecular formula is C20H28O3. The van der Waals surface area contributed by atoms with E-state index in [1.54, 1.807) is 12.2 Å². The quantitative estimate of drug-likeness (QED) is 0.221. The van der Waals surface area contributed by atoms with Gasteiger partial charge in [0.25, 0.3) is 0 Å². The number of carboxylic acid groups (broad SMARTS) is 1. The van der Waals surface area contributed by atoms with E-state index >= 15 is 0 Å². The minimum atomic E-state index is -0.738. The van der Waals surface area contributed by atoms with Crippen LogP contribution in [0, 0.1) is 0 Å². The van der Waals surface area contributed by atoms with E-state index in [2.05, 4.69) is 12.2 Å². The summed E-state index contributed by atoms with van der Waals surface area (Å²) in [6.45, 7) is 2.04. The van der Waals surface area contributed by atoms with Gasteiger partial charge >= 0.3 is 5.97 Å². The summed E-state index contributed by atoms with van der Waals surface area (Å²) < 4.78 is 0. The summed E-state index contributed by atoms with van der Waals surface area (Å²) in [6, 6.07) is 0. The molecule has 0 rings (SSSR count). The van der Waals surface area contributed by atoms with Crippen LogP contribution in [-0.2, 0) is 9.59 Å². The Kier molecular flexibility index (Phi) is 14.7. The zero-order chi connectivity index (χ0) is 17.2. The van der Waals surface area contributed by atoms with Crippen molar-refractivity contribution in [3.63, 3.8) is 0 Å². The number of rotatable bonds is 13. The largest absolute Gasteiger partial charge is 0.481 e. The highest BCUT2D eigenvalue weighted by Crippen LogP contribution is 1.98. The second kappa shape index (κ2) is 16.2. The number of ketones is 1. The van der Waals surface area contributed by atoms with Crippen LogP contribution in [0.1, 0.15) is 51.9 Å². The van der Waals surface area contributed by atoms with Gasteiger partial charge in [-0.15, -0.1) is 0 Å². The summed E-state index contributed by atoms with van der Waals surface area (Å²) in [6.07, 6.45) is 24.2. The first-order valence-electron chi connectivity index (χ1n) is 8.19. The highest BCUT2D eigenvalue weighted by Gasteiger charge is 1.92. The Hall–Kier alpha value is -2.16. The lowest BCUT2D eigenvalue weighted by Crippen LogP contribution is -1.92. The molecule has 0 aliphatic carbocycles. The molecule has 3 nitrogen and oxygen atoms in total. The third-order valence-corrected chi connectivity index (χ3v) is 2.89. The molecule has 0 saturated carbocycles. The molecule has 0 aromatic carbocycles. The number of unbranched alkanes of at least 4 members (excludes halogenated alkanes) is 1. The number of hydrogen-bond donors (Lipinski definition) is 1. The first kappa shape index (κ1) is 20.8. The lowest BCUT2D eigenvalue weighted by molar-refractivity contribution is -0.137. The van der Waals surface area contributed by atoms with Crippen molar-refractivity contribution < 1.29 is 14.7 Å². The Morgan fingerprint density at radius 2 is 1.57 bits per heavy atom. The fourth-order valence-electron chi connectivity index (χ4n) is 1.69. The molecule has 0 aromatic rings. The Morgan fingerprint density at radius 3 is 2.26 bits per heavy atom. The molecular weight excluding hydrogens is 288 g/mol. The van der Waals surface area contributed by atoms with E-state index in [0.29, 0.717) is 12.8 Å². The number of carboxylic acids is 1. The number of carbonyl (C=O) groups excluding carboxylic acids is 1. The summed E-state index contributed by atoms with van der Waals surface area (Å²) in [7, 11) is 0. The van der Waals surface area contributed by atoms with Crippen LogP contribution in [-0.4, -0.2) is 16.9 Å². The number of aliphatic carboxylic acids is 1. The SMILES string of the molecule is CCC=CCC(=O)C=CC=CCC=CC/C=C\CCCC(=O)O. The van der Waals surface area contributed by atoms with E-state index in [1.165, 1.54) is 0 Å². The molecule has 0 unspecified atom stereocenters. The van der Waals surface area contributed by atoms with E-state index in [0.717, 1.165) is 25.7 Å². The summed E-state index contributed by atoms with van der Waals surface area (Å²) in [5, 5.41) is 8.49. The predicted molar refractivity (Wildman–Crippen MR) is 96.3 cm³/mol. The molecule has 0 saturated heterocycles. The summed E-state index contributed by atoms with van der Waals surface area (Å²) in [5.41, 5.74) is 0. The molecule has 0 bridgehead atoms. The molecule has 0 aliphatic heterocycles. The first-order chi connectivity index (χ1) is 11.2. The van der Waals surface area contributed by atoms with Gasteiger partial charge in [0, 0.05) is 12.8 Å². The van der Waals surface area contributed by atoms with Gasteiger partial charge in [0.05, 0.1) is 0 Å². The van der Waals surface area contributed by atoms with Gasteiger partial charge in [0.15, 0.2) is 5.78 Å². The lowest BCUT2D eigenvalue weighted by Gasteiger charge is -1.89. The van der Waals surface area contributed by atoms with Crippen LogP contribution in [0.2, 0.25) is 0 Å². The van der Waals surface area contributed by atoms with E-state index in [4.69, 9.17) is 5.11 Å². The monoisotopic (exact) mass is 316 g/mol. The minimum absolute atomic E-state index is 0.114. The van der Waals surface area contributed by atoms with Crippen LogP contribution < -0.4 is 0 Å².